The van der Waals surface area contributed by atoms with Gasteiger partial charge in [0.1, 0.15) is 6.10 Å². The molecule has 1 fully saturated rings. The fourth-order valence-electron chi connectivity index (χ4n) is 2.91. The molecule has 1 aromatic heterocycles. The van der Waals surface area contributed by atoms with E-state index in [0.29, 0.717) is 0 Å². The number of nitrogens with zero attached hydrogens (tertiary/aromatic N) is 3. The molecule has 1 saturated carbocycles. The highest BCUT2D eigenvalue weighted by Crippen LogP contribution is 2.50. The van der Waals surface area contributed by atoms with E-state index < -0.39 is 11.5 Å². The lowest BCUT2D eigenvalue weighted by Gasteiger charge is -2.41. The summed E-state index contributed by atoms with van der Waals surface area (Å²) >= 11 is 0. The Labute approximate surface area is 121 Å². The number of hydrogen-bond donors (Lipinski definition) is 1. The highest BCUT2D eigenvalue weighted by molar-refractivity contribution is 5.19. The standard InChI is InChI=1S/C16H25N3O/c1-12(2)19-10-13(9-18-19)14(20)16(11-17)7-5-15(3,4)6-8-16/h9-10,12,14,20H,5-8H2,1-4H3. The highest BCUT2D eigenvalue weighted by Gasteiger charge is 2.44. The average Bonchev–Trinajstić information content (AvgIpc) is 2.88. The fraction of sp³-hybridized carbons (Fsp3) is 0.750. The van der Waals surface area contributed by atoms with Gasteiger partial charge in [-0.2, -0.15) is 10.4 Å². The van der Waals surface area contributed by atoms with E-state index in [0.717, 1.165) is 31.2 Å². The SMILES string of the molecule is CC(C)n1cc(C(O)C2(C#N)CCC(C)(C)CC2)cn1. The van der Waals surface area contributed by atoms with Crippen molar-refractivity contribution in [3.63, 3.8) is 0 Å². The molecule has 4 nitrogen and oxygen atoms in total. The molecular weight excluding hydrogens is 250 g/mol. The van der Waals surface area contributed by atoms with E-state index in [1.165, 1.54) is 0 Å². The lowest BCUT2D eigenvalue weighted by atomic mass is 9.63. The molecule has 4 heteroatoms. The summed E-state index contributed by atoms with van der Waals surface area (Å²) in [7, 11) is 0. The van der Waals surface area contributed by atoms with Crippen LogP contribution >= 0.6 is 0 Å². The Morgan fingerprint density at radius 2 is 1.90 bits per heavy atom. The van der Waals surface area contributed by atoms with Crippen molar-refractivity contribution >= 4 is 0 Å². The first kappa shape index (κ1) is 15.1. The van der Waals surface area contributed by atoms with E-state index >= 15 is 0 Å². The first-order valence-corrected chi connectivity index (χ1v) is 7.43. The molecule has 0 aromatic carbocycles. The molecule has 0 saturated heterocycles. The first-order valence-electron chi connectivity index (χ1n) is 7.43. The maximum Gasteiger partial charge on any atom is 0.101 e. The van der Waals surface area contributed by atoms with Gasteiger partial charge in [-0.1, -0.05) is 13.8 Å². The summed E-state index contributed by atoms with van der Waals surface area (Å²) in [5, 5.41) is 24.6. The Hall–Kier alpha value is -1.34. The third-order valence-corrected chi connectivity index (χ3v) is 4.71. The largest absolute Gasteiger partial charge is 0.387 e. The fourth-order valence-corrected chi connectivity index (χ4v) is 2.91. The van der Waals surface area contributed by atoms with Gasteiger partial charge in [0, 0.05) is 17.8 Å². The van der Waals surface area contributed by atoms with E-state index in [1.807, 2.05) is 24.7 Å². The summed E-state index contributed by atoms with van der Waals surface area (Å²) in [5.74, 6) is 0. The molecule has 1 aliphatic carbocycles. The molecule has 1 heterocycles. The van der Waals surface area contributed by atoms with Crippen LogP contribution in [0.2, 0.25) is 0 Å². The molecule has 110 valence electrons. The Bertz CT molecular complexity index is 500. The second kappa shape index (κ2) is 5.21. The van der Waals surface area contributed by atoms with Gasteiger partial charge in [-0.25, -0.2) is 0 Å². The summed E-state index contributed by atoms with van der Waals surface area (Å²) in [6.07, 6.45) is 6.30. The van der Waals surface area contributed by atoms with Crippen LogP contribution in [0.4, 0.5) is 0 Å². The lowest BCUT2D eigenvalue weighted by molar-refractivity contribution is 0.00949. The van der Waals surface area contributed by atoms with E-state index in [9.17, 15) is 10.4 Å². The van der Waals surface area contributed by atoms with Gasteiger partial charge in [0.05, 0.1) is 17.7 Å². The number of aliphatic hydroxyl groups is 1. The van der Waals surface area contributed by atoms with E-state index in [1.54, 1.807) is 6.20 Å². The van der Waals surface area contributed by atoms with Gasteiger partial charge in [-0.3, -0.25) is 4.68 Å². The highest BCUT2D eigenvalue weighted by atomic mass is 16.3. The van der Waals surface area contributed by atoms with Gasteiger partial charge in [0.25, 0.3) is 0 Å². The van der Waals surface area contributed by atoms with Crippen LogP contribution in [0.5, 0.6) is 0 Å². The summed E-state index contributed by atoms with van der Waals surface area (Å²) in [6.45, 7) is 8.56. The zero-order chi connectivity index (χ0) is 15.0. The molecule has 20 heavy (non-hydrogen) atoms. The maximum atomic E-state index is 10.7. The molecular formula is C16H25N3O. The zero-order valence-corrected chi connectivity index (χ0v) is 12.9. The van der Waals surface area contributed by atoms with Crippen molar-refractivity contribution in [2.24, 2.45) is 10.8 Å². The smallest absolute Gasteiger partial charge is 0.101 e. The Morgan fingerprint density at radius 1 is 1.30 bits per heavy atom. The molecule has 1 N–H and O–H groups in total. The topological polar surface area (TPSA) is 61.8 Å². The van der Waals surface area contributed by atoms with Gasteiger partial charge >= 0.3 is 0 Å². The Kier molecular flexibility index (Phi) is 3.93. The molecule has 0 aliphatic heterocycles. The van der Waals surface area contributed by atoms with Gasteiger partial charge in [0.15, 0.2) is 0 Å². The third kappa shape index (κ3) is 2.73. The van der Waals surface area contributed by atoms with E-state index in [-0.39, 0.29) is 11.5 Å². The van der Waals surface area contributed by atoms with Crippen LogP contribution in [-0.2, 0) is 0 Å². The quantitative estimate of drug-likeness (QED) is 0.916. The molecule has 1 atom stereocenters. The molecule has 1 aliphatic rings. The van der Waals surface area contributed by atoms with E-state index in [4.69, 9.17) is 0 Å². The van der Waals surface area contributed by atoms with Crippen molar-refractivity contribution in [3.8, 4) is 6.07 Å². The van der Waals surface area contributed by atoms with Gasteiger partial charge in [-0.05, 0) is 44.9 Å². The second-order valence-electron chi connectivity index (χ2n) is 7.18. The predicted molar refractivity (Wildman–Crippen MR) is 77.9 cm³/mol. The molecule has 2 rings (SSSR count). The number of nitriles is 1. The average molecular weight is 275 g/mol. The van der Waals surface area contributed by atoms with Crippen molar-refractivity contribution in [2.75, 3.05) is 0 Å². The van der Waals surface area contributed by atoms with Crippen molar-refractivity contribution in [1.82, 2.24) is 9.78 Å². The number of hydrogen-bond acceptors (Lipinski definition) is 3. The van der Waals surface area contributed by atoms with Crippen molar-refractivity contribution in [1.29, 1.82) is 5.26 Å². The Morgan fingerprint density at radius 3 is 2.35 bits per heavy atom. The first-order chi connectivity index (χ1) is 9.30. The summed E-state index contributed by atoms with van der Waals surface area (Å²) in [6, 6.07) is 2.67. The van der Waals surface area contributed by atoms with Crippen LogP contribution < -0.4 is 0 Å². The number of aliphatic hydroxyl groups excluding tert-OH is 1. The maximum absolute atomic E-state index is 10.7. The molecule has 0 spiro atoms. The number of aromatic nitrogens is 2. The van der Waals surface area contributed by atoms with Crippen molar-refractivity contribution in [3.05, 3.63) is 18.0 Å². The van der Waals surface area contributed by atoms with Gasteiger partial charge < -0.3 is 5.11 Å². The van der Waals surface area contributed by atoms with Crippen molar-refractivity contribution < 1.29 is 5.11 Å². The van der Waals surface area contributed by atoms with Crippen LogP contribution in [0.3, 0.4) is 0 Å². The lowest BCUT2D eigenvalue weighted by Crippen LogP contribution is -2.35. The van der Waals surface area contributed by atoms with Crippen LogP contribution in [-0.4, -0.2) is 14.9 Å². The summed E-state index contributed by atoms with van der Waals surface area (Å²) in [5.41, 5.74) is 0.391. The minimum Gasteiger partial charge on any atom is -0.387 e. The van der Waals surface area contributed by atoms with Gasteiger partial charge in [-0.15, -0.1) is 0 Å². The summed E-state index contributed by atoms with van der Waals surface area (Å²) in [4.78, 5) is 0. The van der Waals surface area contributed by atoms with Gasteiger partial charge in [0.2, 0.25) is 0 Å². The predicted octanol–water partition coefficient (Wildman–Crippen LogP) is 3.61. The monoisotopic (exact) mass is 275 g/mol. The Balaban J connectivity index is 2.21. The van der Waals surface area contributed by atoms with Crippen LogP contribution in [0, 0.1) is 22.2 Å². The number of rotatable bonds is 3. The molecule has 1 unspecified atom stereocenters. The molecule has 0 radical (unpaired) electrons. The molecule has 1 aromatic rings. The third-order valence-electron chi connectivity index (χ3n) is 4.71. The summed E-state index contributed by atoms with van der Waals surface area (Å²) < 4.78 is 1.83. The van der Waals surface area contributed by atoms with Crippen LogP contribution in [0.15, 0.2) is 12.4 Å². The van der Waals surface area contributed by atoms with Crippen LogP contribution in [0.25, 0.3) is 0 Å². The van der Waals surface area contributed by atoms with Crippen molar-refractivity contribution in [2.45, 2.75) is 65.5 Å². The molecule has 0 amide bonds. The minimum atomic E-state index is -0.740. The second-order valence-corrected chi connectivity index (χ2v) is 7.18. The van der Waals surface area contributed by atoms with E-state index in [2.05, 4.69) is 25.0 Å². The minimum absolute atomic E-state index is 0.263. The van der Waals surface area contributed by atoms with Crippen LogP contribution in [0.1, 0.15) is 71.1 Å². The zero-order valence-electron chi connectivity index (χ0n) is 12.9. The normalized spacial score (nSPS) is 22.4. The molecule has 0 bridgehead atoms.